The van der Waals surface area contributed by atoms with E-state index in [0.29, 0.717) is 26.2 Å². The summed E-state index contributed by atoms with van der Waals surface area (Å²) >= 11 is 0. The summed E-state index contributed by atoms with van der Waals surface area (Å²) in [6, 6.07) is 3.28. The van der Waals surface area contributed by atoms with Crippen LogP contribution in [0, 0.1) is 0 Å². The number of aromatic nitrogens is 1. The Morgan fingerprint density at radius 2 is 1.97 bits per heavy atom. The van der Waals surface area contributed by atoms with E-state index in [1.807, 2.05) is 0 Å². The van der Waals surface area contributed by atoms with Crippen LogP contribution in [0.2, 0.25) is 18.1 Å². The van der Waals surface area contributed by atoms with Gasteiger partial charge in [0.25, 0.3) is 0 Å². The number of pyridine rings is 1. The summed E-state index contributed by atoms with van der Waals surface area (Å²) in [5.74, 6) is -0.550. The fourth-order valence-electron chi connectivity index (χ4n) is 2.63. The molecule has 2 heterocycles. The van der Waals surface area contributed by atoms with Crippen molar-refractivity contribution in [2.24, 2.45) is 0 Å². The van der Waals surface area contributed by atoms with E-state index in [1.54, 1.807) is 12.1 Å². The zero-order valence-electron chi connectivity index (χ0n) is 18.0. The topological polar surface area (TPSA) is 98.2 Å². The van der Waals surface area contributed by atoms with Gasteiger partial charge in [-0.15, -0.1) is 0 Å². The molecular formula is C20H32N2O6Si. The van der Waals surface area contributed by atoms with Gasteiger partial charge in [0.15, 0.2) is 15.1 Å². The maximum atomic E-state index is 12.1. The third kappa shape index (κ3) is 6.51. The first-order valence-electron chi connectivity index (χ1n) is 9.87. The molecule has 0 bridgehead atoms. The maximum Gasteiger partial charge on any atom is 0.407 e. The number of fused-ring (bicyclic) bond motifs is 1. The van der Waals surface area contributed by atoms with E-state index < -0.39 is 20.4 Å². The van der Waals surface area contributed by atoms with Gasteiger partial charge < -0.3 is 23.9 Å². The van der Waals surface area contributed by atoms with Crippen molar-refractivity contribution in [3.8, 4) is 0 Å². The van der Waals surface area contributed by atoms with Crippen LogP contribution in [0.3, 0.4) is 0 Å². The maximum absolute atomic E-state index is 12.1. The van der Waals surface area contributed by atoms with Crippen molar-refractivity contribution < 1.29 is 28.6 Å². The zero-order chi connectivity index (χ0) is 21.7. The Morgan fingerprint density at radius 3 is 2.62 bits per heavy atom. The van der Waals surface area contributed by atoms with Crippen LogP contribution in [-0.4, -0.2) is 61.9 Å². The van der Waals surface area contributed by atoms with Crippen molar-refractivity contribution in [2.45, 2.75) is 58.3 Å². The first-order valence-corrected chi connectivity index (χ1v) is 12.8. The van der Waals surface area contributed by atoms with Gasteiger partial charge in [-0.3, -0.25) is 0 Å². The monoisotopic (exact) mass is 424 g/mol. The number of hydrogen-bond acceptors (Lipinski definition) is 6. The molecule has 1 aromatic rings. The van der Waals surface area contributed by atoms with Crippen LogP contribution < -0.4 is 0 Å². The van der Waals surface area contributed by atoms with E-state index in [1.165, 1.54) is 4.90 Å². The highest BCUT2D eigenvalue weighted by Crippen LogP contribution is 2.36. The highest BCUT2D eigenvalue weighted by atomic mass is 28.4. The van der Waals surface area contributed by atoms with Gasteiger partial charge in [0.05, 0.1) is 13.2 Å². The molecule has 8 nitrogen and oxygen atoms in total. The van der Waals surface area contributed by atoms with Gasteiger partial charge in [0.1, 0.15) is 5.69 Å². The first-order chi connectivity index (χ1) is 13.5. The van der Waals surface area contributed by atoms with E-state index >= 15 is 0 Å². The van der Waals surface area contributed by atoms with Crippen LogP contribution in [-0.2, 0) is 26.9 Å². The molecule has 0 saturated heterocycles. The van der Waals surface area contributed by atoms with Crippen molar-refractivity contribution in [3.63, 3.8) is 0 Å². The molecule has 0 radical (unpaired) electrons. The smallest absolute Gasteiger partial charge is 0.407 e. The normalized spacial score (nSPS) is 14.4. The van der Waals surface area contributed by atoms with Crippen molar-refractivity contribution in [1.29, 1.82) is 0 Å². The number of carbonyl (C=O) groups excluding carboxylic acids is 1. The molecule has 0 atom stereocenters. The van der Waals surface area contributed by atoms with Gasteiger partial charge in [-0.1, -0.05) is 26.8 Å². The SMILES string of the molecule is CC(C)(C)[Si](C)(C)OCCCOCOC(=O)c1ccc2c(n1)CCN(C(=O)O)C2. The number of carboxylic acid groups (broad SMARTS) is 1. The molecule has 0 spiro atoms. The molecule has 9 heteroatoms. The Labute approximate surface area is 173 Å². The van der Waals surface area contributed by atoms with Crippen LogP contribution in [0.5, 0.6) is 0 Å². The van der Waals surface area contributed by atoms with Crippen molar-refractivity contribution in [3.05, 3.63) is 29.1 Å². The van der Waals surface area contributed by atoms with E-state index in [-0.39, 0.29) is 24.1 Å². The number of rotatable bonds is 8. The van der Waals surface area contributed by atoms with Crippen molar-refractivity contribution >= 4 is 20.4 Å². The summed E-state index contributed by atoms with van der Waals surface area (Å²) in [5, 5.41) is 9.25. The molecule has 1 amide bonds. The number of nitrogens with zero attached hydrogens (tertiary/aromatic N) is 2. The fourth-order valence-corrected chi connectivity index (χ4v) is 3.71. The second-order valence-corrected chi connectivity index (χ2v) is 13.5. The minimum atomic E-state index is -1.74. The molecule has 162 valence electrons. The molecule has 29 heavy (non-hydrogen) atoms. The van der Waals surface area contributed by atoms with Gasteiger partial charge in [0.2, 0.25) is 0 Å². The highest BCUT2D eigenvalue weighted by Gasteiger charge is 2.36. The summed E-state index contributed by atoms with van der Waals surface area (Å²) in [7, 11) is -1.74. The molecule has 2 rings (SSSR count). The lowest BCUT2D eigenvalue weighted by atomic mass is 10.1. The molecule has 0 unspecified atom stereocenters. The lowest BCUT2D eigenvalue weighted by Gasteiger charge is -2.36. The Bertz CT molecular complexity index is 732. The van der Waals surface area contributed by atoms with Crippen molar-refractivity contribution in [2.75, 3.05) is 26.6 Å². The average molecular weight is 425 g/mol. The quantitative estimate of drug-likeness (QED) is 0.294. The van der Waals surface area contributed by atoms with E-state index in [4.69, 9.17) is 19.0 Å². The van der Waals surface area contributed by atoms with Gasteiger partial charge in [-0.05, 0) is 36.2 Å². The Hall–Kier alpha value is -1.97. The van der Waals surface area contributed by atoms with Crippen molar-refractivity contribution in [1.82, 2.24) is 9.88 Å². The summed E-state index contributed by atoms with van der Waals surface area (Å²) in [5.41, 5.74) is 1.76. The molecule has 1 aromatic heterocycles. The first kappa shape index (κ1) is 23.3. The third-order valence-electron chi connectivity index (χ3n) is 5.50. The Kier molecular flexibility index (Phi) is 7.78. The molecule has 0 aromatic carbocycles. The van der Waals surface area contributed by atoms with Gasteiger partial charge in [-0.25, -0.2) is 14.6 Å². The van der Waals surface area contributed by atoms with E-state index in [0.717, 1.165) is 17.7 Å². The number of esters is 1. The number of ether oxygens (including phenoxy) is 2. The number of carbonyl (C=O) groups is 2. The number of amides is 1. The fraction of sp³-hybridized carbons (Fsp3) is 0.650. The van der Waals surface area contributed by atoms with Crippen LogP contribution in [0.15, 0.2) is 12.1 Å². The third-order valence-corrected chi connectivity index (χ3v) is 10.0. The average Bonchev–Trinajstić information content (AvgIpc) is 2.65. The van der Waals surface area contributed by atoms with Gasteiger partial charge in [0, 0.05) is 25.3 Å². The van der Waals surface area contributed by atoms with Gasteiger partial charge >= 0.3 is 12.1 Å². The molecule has 1 aliphatic rings. The summed E-state index contributed by atoms with van der Waals surface area (Å²) in [6.45, 7) is 12.6. The standard InChI is InChI=1S/C20H32N2O6Si/c1-20(2,3)29(4,5)28-12-6-11-26-14-27-18(23)17-8-7-15-13-22(19(24)25)10-9-16(15)21-17/h7-8H,6,9-14H2,1-5H3,(H,24,25). The molecule has 1 aliphatic heterocycles. The van der Waals surface area contributed by atoms with Gasteiger partial charge in [-0.2, -0.15) is 0 Å². The number of hydrogen-bond donors (Lipinski definition) is 1. The predicted octanol–water partition coefficient (Wildman–Crippen LogP) is 3.66. The van der Waals surface area contributed by atoms with E-state index in [2.05, 4.69) is 38.8 Å². The Balaban J connectivity index is 1.69. The lowest BCUT2D eigenvalue weighted by molar-refractivity contribution is -0.0342. The minimum absolute atomic E-state index is 0.134. The second kappa shape index (κ2) is 9.68. The summed E-state index contributed by atoms with van der Waals surface area (Å²) in [6.07, 6.45) is 0.264. The summed E-state index contributed by atoms with van der Waals surface area (Å²) in [4.78, 5) is 28.8. The molecular weight excluding hydrogens is 392 g/mol. The van der Waals surface area contributed by atoms with Crippen LogP contribution in [0.25, 0.3) is 0 Å². The Morgan fingerprint density at radius 1 is 1.24 bits per heavy atom. The minimum Gasteiger partial charge on any atom is -0.465 e. The van der Waals surface area contributed by atoms with Crippen LogP contribution >= 0.6 is 0 Å². The molecule has 0 saturated carbocycles. The summed E-state index contributed by atoms with van der Waals surface area (Å²) < 4.78 is 16.6. The molecule has 1 N–H and O–H groups in total. The van der Waals surface area contributed by atoms with Crippen LogP contribution in [0.4, 0.5) is 4.79 Å². The second-order valence-electron chi connectivity index (χ2n) is 8.68. The molecule has 0 aliphatic carbocycles. The highest BCUT2D eigenvalue weighted by molar-refractivity contribution is 6.74. The zero-order valence-corrected chi connectivity index (χ0v) is 19.0. The lowest BCUT2D eigenvalue weighted by Crippen LogP contribution is -2.41. The largest absolute Gasteiger partial charge is 0.465 e. The predicted molar refractivity (Wildman–Crippen MR) is 110 cm³/mol. The van der Waals surface area contributed by atoms with E-state index in [9.17, 15) is 9.59 Å². The molecule has 0 fully saturated rings. The van der Waals surface area contributed by atoms with Crippen LogP contribution in [0.1, 0.15) is 48.9 Å².